The highest BCUT2D eigenvalue weighted by molar-refractivity contribution is 5.43. The maximum atomic E-state index is 5.90. The summed E-state index contributed by atoms with van der Waals surface area (Å²) in [6, 6.07) is 8.47. The summed E-state index contributed by atoms with van der Waals surface area (Å²) in [4.78, 5) is 0. The van der Waals surface area contributed by atoms with Crippen molar-refractivity contribution in [2.75, 3.05) is 0 Å². The molecule has 0 saturated heterocycles. The van der Waals surface area contributed by atoms with Gasteiger partial charge < -0.3 is 5.73 Å². The van der Waals surface area contributed by atoms with E-state index in [9.17, 15) is 0 Å². The zero-order valence-electron chi connectivity index (χ0n) is 11.6. The molecule has 2 rings (SSSR count). The maximum absolute atomic E-state index is 5.90. The zero-order valence-corrected chi connectivity index (χ0v) is 11.6. The third kappa shape index (κ3) is 2.31. The largest absolute Gasteiger partial charge is 0.328 e. The van der Waals surface area contributed by atoms with Gasteiger partial charge in [0.15, 0.2) is 0 Å². The van der Waals surface area contributed by atoms with Gasteiger partial charge in [0.1, 0.15) is 0 Å². The van der Waals surface area contributed by atoms with E-state index in [1.807, 2.05) is 23.7 Å². The second kappa shape index (κ2) is 4.94. The SMILES string of the molecule is Cc1ccccc1-n1nc(C)c(CC(C)N)c1C. The number of nitrogens with zero attached hydrogens (tertiary/aromatic N) is 2. The van der Waals surface area contributed by atoms with Crippen molar-refractivity contribution in [3.05, 3.63) is 46.8 Å². The molecule has 2 N–H and O–H groups in total. The van der Waals surface area contributed by atoms with Crippen molar-refractivity contribution in [1.82, 2.24) is 9.78 Å². The number of nitrogens with two attached hydrogens (primary N) is 1. The van der Waals surface area contributed by atoms with Crippen LogP contribution in [0, 0.1) is 20.8 Å². The van der Waals surface area contributed by atoms with E-state index in [-0.39, 0.29) is 6.04 Å². The van der Waals surface area contributed by atoms with Crippen LogP contribution >= 0.6 is 0 Å². The van der Waals surface area contributed by atoms with Gasteiger partial charge in [-0.2, -0.15) is 5.10 Å². The highest BCUT2D eigenvalue weighted by atomic mass is 15.3. The van der Waals surface area contributed by atoms with Gasteiger partial charge in [0.25, 0.3) is 0 Å². The first-order valence-corrected chi connectivity index (χ1v) is 6.37. The van der Waals surface area contributed by atoms with E-state index in [0.29, 0.717) is 0 Å². The predicted molar refractivity (Wildman–Crippen MR) is 75.1 cm³/mol. The summed E-state index contributed by atoms with van der Waals surface area (Å²) in [5, 5.41) is 4.66. The van der Waals surface area contributed by atoms with Gasteiger partial charge in [0.05, 0.1) is 11.4 Å². The standard InChI is InChI=1S/C15H21N3/c1-10-7-5-6-8-15(10)18-13(4)14(9-11(2)16)12(3)17-18/h5-8,11H,9,16H2,1-4H3. The molecular formula is C15H21N3. The molecule has 18 heavy (non-hydrogen) atoms. The smallest absolute Gasteiger partial charge is 0.0678 e. The second-order valence-electron chi connectivity index (χ2n) is 5.03. The molecule has 3 heteroatoms. The average Bonchev–Trinajstić information content (AvgIpc) is 2.57. The molecule has 0 amide bonds. The van der Waals surface area contributed by atoms with Crippen molar-refractivity contribution in [3.8, 4) is 5.69 Å². The van der Waals surface area contributed by atoms with E-state index in [1.165, 1.54) is 16.8 Å². The van der Waals surface area contributed by atoms with E-state index in [4.69, 9.17) is 5.73 Å². The Morgan fingerprint density at radius 3 is 2.50 bits per heavy atom. The third-order valence-electron chi connectivity index (χ3n) is 3.31. The van der Waals surface area contributed by atoms with Crippen molar-refractivity contribution >= 4 is 0 Å². The summed E-state index contributed by atoms with van der Waals surface area (Å²) in [6.45, 7) is 8.31. The summed E-state index contributed by atoms with van der Waals surface area (Å²) < 4.78 is 2.03. The number of para-hydroxylation sites is 1. The van der Waals surface area contributed by atoms with E-state index >= 15 is 0 Å². The highest BCUT2D eigenvalue weighted by Crippen LogP contribution is 2.21. The number of aryl methyl sites for hydroxylation is 2. The minimum atomic E-state index is 0.164. The van der Waals surface area contributed by atoms with Crippen molar-refractivity contribution < 1.29 is 0 Å². The lowest BCUT2D eigenvalue weighted by atomic mass is 10.1. The van der Waals surface area contributed by atoms with E-state index in [1.54, 1.807) is 0 Å². The van der Waals surface area contributed by atoms with Gasteiger partial charge in [0.2, 0.25) is 0 Å². The Bertz CT molecular complexity index is 553. The first kappa shape index (κ1) is 12.8. The van der Waals surface area contributed by atoms with Gasteiger partial charge in [-0.15, -0.1) is 0 Å². The molecule has 0 radical (unpaired) electrons. The second-order valence-corrected chi connectivity index (χ2v) is 5.03. The Morgan fingerprint density at radius 2 is 1.89 bits per heavy atom. The Kier molecular flexibility index (Phi) is 3.53. The molecule has 1 aromatic carbocycles. The average molecular weight is 243 g/mol. The molecule has 1 heterocycles. The fraction of sp³-hybridized carbons (Fsp3) is 0.400. The lowest BCUT2D eigenvalue weighted by molar-refractivity contribution is 0.730. The predicted octanol–water partition coefficient (Wildman–Crippen LogP) is 2.69. The fourth-order valence-corrected chi connectivity index (χ4v) is 2.33. The molecule has 1 unspecified atom stereocenters. The van der Waals surface area contributed by atoms with Crippen LogP contribution < -0.4 is 5.73 Å². The molecule has 2 aromatic rings. The molecule has 0 saturated carbocycles. The summed E-state index contributed by atoms with van der Waals surface area (Å²) >= 11 is 0. The topological polar surface area (TPSA) is 43.8 Å². The van der Waals surface area contributed by atoms with Gasteiger partial charge in [-0.05, 0) is 51.3 Å². The summed E-state index contributed by atoms with van der Waals surface area (Å²) in [6.07, 6.45) is 0.879. The van der Waals surface area contributed by atoms with Gasteiger partial charge in [-0.25, -0.2) is 4.68 Å². The van der Waals surface area contributed by atoms with Crippen LogP contribution in [-0.4, -0.2) is 15.8 Å². The normalized spacial score (nSPS) is 12.7. The van der Waals surface area contributed by atoms with E-state index < -0.39 is 0 Å². The summed E-state index contributed by atoms with van der Waals surface area (Å²) in [5.74, 6) is 0. The lowest BCUT2D eigenvalue weighted by Gasteiger charge is -2.09. The maximum Gasteiger partial charge on any atom is 0.0678 e. The number of hydrogen-bond donors (Lipinski definition) is 1. The van der Waals surface area contributed by atoms with Crippen LogP contribution in [0.1, 0.15) is 29.4 Å². The van der Waals surface area contributed by atoms with Crippen LogP contribution in [-0.2, 0) is 6.42 Å². The molecule has 0 aliphatic carbocycles. The number of benzene rings is 1. The zero-order chi connectivity index (χ0) is 13.3. The van der Waals surface area contributed by atoms with Gasteiger partial charge >= 0.3 is 0 Å². The molecule has 1 aromatic heterocycles. The van der Waals surface area contributed by atoms with Crippen LogP contribution in [0.15, 0.2) is 24.3 Å². The Balaban J connectivity index is 2.51. The van der Waals surface area contributed by atoms with Crippen molar-refractivity contribution in [1.29, 1.82) is 0 Å². The Morgan fingerprint density at radius 1 is 1.22 bits per heavy atom. The molecule has 1 atom stereocenters. The van der Waals surface area contributed by atoms with Crippen LogP contribution in [0.5, 0.6) is 0 Å². The number of aromatic nitrogens is 2. The van der Waals surface area contributed by atoms with Crippen molar-refractivity contribution in [3.63, 3.8) is 0 Å². The molecule has 0 fully saturated rings. The Hall–Kier alpha value is -1.61. The van der Waals surface area contributed by atoms with Crippen LogP contribution in [0.3, 0.4) is 0 Å². The van der Waals surface area contributed by atoms with Crippen molar-refractivity contribution in [2.45, 2.75) is 40.2 Å². The van der Waals surface area contributed by atoms with Gasteiger partial charge in [-0.3, -0.25) is 0 Å². The van der Waals surface area contributed by atoms with Crippen molar-refractivity contribution in [2.24, 2.45) is 5.73 Å². The molecule has 0 spiro atoms. The monoisotopic (exact) mass is 243 g/mol. The summed E-state index contributed by atoms with van der Waals surface area (Å²) in [7, 11) is 0. The number of rotatable bonds is 3. The van der Waals surface area contributed by atoms with Gasteiger partial charge in [-0.1, -0.05) is 18.2 Å². The molecule has 0 aliphatic heterocycles. The third-order valence-corrected chi connectivity index (χ3v) is 3.31. The molecule has 0 bridgehead atoms. The number of hydrogen-bond acceptors (Lipinski definition) is 2. The van der Waals surface area contributed by atoms with Crippen LogP contribution in [0.4, 0.5) is 0 Å². The van der Waals surface area contributed by atoms with Crippen LogP contribution in [0.25, 0.3) is 5.69 Å². The first-order chi connectivity index (χ1) is 8.50. The highest BCUT2D eigenvalue weighted by Gasteiger charge is 2.14. The van der Waals surface area contributed by atoms with E-state index in [0.717, 1.165) is 17.8 Å². The molecular weight excluding hydrogens is 222 g/mol. The Labute approximate surface area is 109 Å². The first-order valence-electron chi connectivity index (χ1n) is 6.37. The quantitative estimate of drug-likeness (QED) is 0.900. The minimum absolute atomic E-state index is 0.164. The summed E-state index contributed by atoms with van der Waals surface area (Å²) in [5.41, 5.74) is 11.8. The molecule has 0 aliphatic rings. The molecule has 96 valence electrons. The molecule has 3 nitrogen and oxygen atoms in total. The van der Waals surface area contributed by atoms with Gasteiger partial charge in [0, 0.05) is 11.7 Å². The van der Waals surface area contributed by atoms with Crippen LogP contribution in [0.2, 0.25) is 0 Å². The fourth-order valence-electron chi connectivity index (χ4n) is 2.33. The minimum Gasteiger partial charge on any atom is -0.328 e. The lowest BCUT2D eigenvalue weighted by Crippen LogP contribution is -2.18. The van der Waals surface area contributed by atoms with E-state index in [2.05, 4.69) is 38.0 Å².